The molecule has 0 saturated heterocycles. The molecular weight excluding hydrogens is 298 g/mol. The second-order valence-corrected chi connectivity index (χ2v) is 6.95. The molecule has 0 amide bonds. The number of pyridine rings is 1. The number of esters is 1. The van der Waals surface area contributed by atoms with Gasteiger partial charge in [-0.25, -0.2) is 4.79 Å². The topological polar surface area (TPSA) is 39.2 Å². The van der Waals surface area contributed by atoms with Gasteiger partial charge < -0.3 is 4.74 Å². The first kappa shape index (κ1) is 16.5. The number of carbonyl (C=O) groups is 1. The number of ether oxygens (including phenoxy) is 1. The number of carbonyl (C=O) groups excluding carboxylic acids is 1. The van der Waals surface area contributed by atoms with E-state index in [0.29, 0.717) is 22.0 Å². The summed E-state index contributed by atoms with van der Waals surface area (Å²) in [6, 6.07) is 10.4. The molecule has 3 nitrogen and oxygen atoms in total. The third kappa shape index (κ3) is 4.57. The van der Waals surface area contributed by atoms with Gasteiger partial charge in [-0.3, -0.25) is 4.98 Å². The molecule has 2 aromatic rings. The summed E-state index contributed by atoms with van der Waals surface area (Å²) in [7, 11) is 0. The molecule has 1 aromatic carbocycles. The standard InChI is InChI=1S/C18H20ClNO2/c1-12-16(10-7-14(20-12)11-18(2,3)4)17(21)22-15-8-5-13(19)6-9-15/h5-10H,11H2,1-4H3. The van der Waals surface area contributed by atoms with Crippen molar-refractivity contribution in [1.29, 1.82) is 0 Å². The van der Waals surface area contributed by atoms with E-state index < -0.39 is 5.97 Å². The maximum atomic E-state index is 12.2. The van der Waals surface area contributed by atoms with Crippen LogP contribution in [0.4, 0.5) is 0 Å². The molecule has 0 aliphatic rings. The fourth-order valence-corrected chi connectivity index (χ4v) is 2.26. The molecule has 0 aliphatic carbocycles. The van der Waals surface area contributed by atoms with Gasteiger partial charge in [0.1, 0.15) is 5.75 Å². The van der Waals surface area contributed by atoms with Gasteiger partial charge >= 0.3 is 5.97 Å². The predicted molar refractivity (Wildman–Crippen MR) is 88.5 cm³/mol. The average molecular weight is 318 g/mol. The molecule has 4 heteroatoms. The Morgan fingerprint density at radius 1 is 1.14 bits per heavy atom. The quantitative estimate of drug-likeness (QED) is 0.600. The first-order chi connectivity index (χ1) is 10.2. The highest BCUT2D eigenvalue weighted by molar-refractivity contribution is 6.30. The summed E-state index contributed by atoms with van der Waals surface area (Å²) < 4.78 is 5.34. The number of aryl methyl sites for hydroxylation is 1. The smallest absolute Gasteiger partial charge is 0.345 e. The van der Waals surface area contributed by atoms with Gasteiger partial charge in [0.05, 0.1) is 11.3 Å². The predicted octanol–water partition coefficient (Wildman–Crippen LogP) is 4.85. The van der Waals surface area contributed by atoms with Gasteiger partial charge in [0.2, 0.25) is 0 Å². The largest absolute Gasteiger partial charge is 0.423 e. The fraction of sp³-hybridized carbons (Fsp3) is 0.333. The van der Waals surface area contributed by atoms with Crippen molar-refractivity contribution in [1.82, 2.24) is 4.98 Å². The van der Waals surface area contributed by atoms with Crippen LogP contribution in [0.2, 0.25) is 5.02 Å². The van der Waals surface area contributed by atoms with Crippen LogP contribution in [0, 0.1) is 12.3 Å². The number of hydrogen-bond acceptors (Lipinski definition) is 3. The highest BCUT2D eigenvalue weighted by Gasteiger charge is 2.16. The second kappa shape index (κ2) is 6.49. The fourth-order valence-electron chi connectivity index (χ4n) is 2.14. The Labute approximate surface area is 136 Å². The molecule has 0 radical (unpaired) electrons. The first-order valence-corrected chi connectivity index (χ1v) is 7.57. The molecule has 2 rings (SSSR count). The van der Waals surface area contributed by atoms with Crippen LogP contribution < -0.4 is 4.74 Å². The van der Waals surface area contributed by atoms with Crippen LogP contribution in [0.15, 0.2) is 36.4 Å². The molecule has 0 N–H and O–H groups in total. The first-order valence-electron chi connectivity index (χ1n) is 7.19. The lowest BCUT2D eigenvalue weighted by Gasteiger charge is -2.18. The Kier molecular flexibility index (Phi) is 4.87. The monoisotopic (exact) mass is 317 g/mol. The Bertz CT molecular complexity index is 672. The SMILES string of the molecule is Cc1nc(CC(C)(C)C)ccc1C(=O)Oc1ccc(Cl)cc1. The van der Waals surface area contributed by atoms with E-state index >= 15 is 0 Å². The molecule has 0 aliphatic heterocycles. The lowest BCUT2D eigenvalue weighted by molar-refractivity contribution is 0.0733. The number of benzene rings is 1. The van der Waals surface area contributed by atoms with Crippen LogP contribution in [0.1, 0.15) is 42.5 Å². The molecule has 0 unspecified atom stereocenters. The molecule has 1 heterocycles. The molecule has 0 atom stereocenters. The van der Waals surface area contributed by atoms with Crippen molar-refractivity contribution >= 4 is 17.6 Å². The van der Waals surface area contributed by atoms with Crippen molar-refractivity contribution in [2.24, 2.45) is 5.41 Å². The lowest BCUT2D eigenvalue weighted by atomic mass is 9.90. The number of rotatable bonds is 3. The van der Waals surface area contributed by atoms with E-state index in [9.17, 15) is 4.79 Å². The maximum Gasteiger partial charge on any atom is 0.345 e. The Morgan fingerprint density at radius 3 is 2.32 bits per heavy atom. The highest BCUT2D eigenvalue weighted by atomic mass is 35.5. The summed E-state index contributed by atoms with van der Waals surface area (Å²) in [5.74, 6) is 0.0576. The molecule has 0 bridgehead atoms. The van der Waals surface area contributed by atoms with Gasteiger partial charge in [-0.15, -0.1) is 0 Å². The van der Waals surface area contributed by atoms with E-state index in [2.05, 4.69) is 25.8 Å². The Morgan fingerprint density at radius 2 is 1.77 bits per heavy atom. The van der Waals surface area contributed by atoms with Crippen molar-refractivity contribution in [2.75, 3.05) is 0 Å². The molecular formula is C18H20ClNO2. The van der Waals surface area contributed by atoms with Gasteiger partial charge in [0.25, 0.3) is 0 Å². The zero-order chi connectivity index (χ0) is 16.3. The summed E-state index contributed by atoms with van der Waals surface area (Å²) in [5, 5.41) is 0.601. The third-order valence-corrected chi connectivity index (χ3v) is 3.35. The second-order valence-electron chi connectivity index (χ2n) is 6.52. The van der Waals surface area contributed by atoms with Crippen molar-refractivity contribution in [3.05, 3.63) is 58.4 Å². The van der Waals surface area contributed by atoms with Crippen LogP contribution in [-0.2, 0) is 6.42 Å². The Balaban J connectivity index is 2.14. The van der Waals surface area contributed by atoms with E-state index in [0.717, 1.165) is 12.1 Å². The van der Waals surface area contributed by atoms with E-state index in [-0.39, 0.29) is 5.41 Å². The van der Waals surface area contributed by atoms with Crippen LogP contribution in [-0.4, -0.2) is 11.0 Å². The third-order valence-electron chi connectivity index (χ3n) is 3.10. The number of nitrogens with zero attached hydrogens (tertiary/aromatic N) is 1. The molecule has 22 heavy (non-hydrogen) atoms. The molecule has 0 saturated carbocycles. The van der Waals surface area contributed by atoms with E-state index in [1.165, 1.54) is 0 Å². The molecule has 0 fully saturated rings. The van der Waals surface area contributed by atoms with Gasteiger partial charge in [-0.05, 0) is 55.2 Å². The van der Waals surface area contributed by atoms with Crippen molar-refractivity contribution in [2.45, 2.75) is 34.1 Å². The maximum absolute atomic E-state index is 12.2. The summed E-state index contributed by atoms with van der Waals surface area (Å²) in [6.45, 7) is 8.30. The van der Waals surface area contributed by atoms with E-state index in [1.807, 2.05) is 13.0 Å². The minimum Gasteiger partial charge on any atom is -0.423 e. The number of halogens is 1. The Hall–Kier alpha value is -1.87. The van der Waals surface area contributed by atoms with E-state index in [1.54, 1.807) is 30.3 Å². The summed E-state index contributed by atoms with van der Waals surface area (Å²) in [5.41, 5.74) is 2.30. The summed E-state index contributed by atoms with van der Waals surface area (Å²) in [4.78, 5) is 16.7. The minimum atomic E-state index is -0.408. The van der Waals surface area contributed by atoms with Crippen LogP contribution in [0.5, 0.6) is 5.75 Å². The zero-order valence-corrected chi connectivity index (χ0v) is 14.1. The summed E-state index contributed by atoms with van der Waals surface area (Å²) >= 11 is 5.81. The van der Waals surface area contributed by atoms with Gasteiger partial charge in [-0.1, -0.05) is 32.4 Å². The van der Waals surface area contributed by atoms with Crippen molar-refractivity contribution < 1.29 is 9.53 Å². The molecule has 1 aromatic heterocycles. The van der Waals surface area contributed by atoms with Crippen molar-refractivity contribution in [3.8, 4) is 5.75 Å². The van der Waals surface area contributed by atoms with Crippen LogP contribution in [0.25, 0.3) is 0 Å². The van der Waals surface area contributed by atoms with E-state index in [4.69, 9.17) is 16.3 Å². The van der Waals surface area contributed by atoms with Crippen molar-refractivity contribution in [3.63, 3.8) is 0 Å². The molecule has 116 valence electrons. The molecule has 0 spiro atoms. The van der Waals surface area contributed by atoms with Gasteiger partial charge in [-0.2, -0.15) is 0 Å². The average Bonchev–Trinajstić information content (AvgIpc) is 2.39. The lowest BCUT2D eigenvalue weighted by Crippen LogP contribution is -2.14. The number of aromatic nitrogens is 1. The van der Waals surface area contributed by atoms with Crippen LogP contribution in [0.3, 0.4) is 0 Å². The minimum absolute atomic E-state index is 0.158. The van der Waals surface area contributed by atoms with Gasteiger partial charge in [0, 0.05) is 10.7 Å². The normalized spacial score (nSPS) is 11.3. The zero-order valence-electron chi connectivity index (χ0n) is 13.3. The summed E-state index contributed by atoms with van der Waals surface area (Å²) in [6.07, 6.45) is 0.861. The van der Waals surface area contributed by atoms with Gasteiger partial charge in [0.15, 0.2) is 0 Å². The highest BCUT2D eigenvalue weighted by Crippen LogP contribution is 2.21. The van der Waals surface area contributed by atoms with Crippen LogP contribution >= 0.6 is 11.6 Å². The number of hydrogen-bond donors (Lipinski definition) is 0.